The molecule has 0 radical (unpaired) electrons. The van der Waals surface area contributed by atoms with E-state index in [0.29, 0.717) is 5.56 Å². The number of aliphatic carboxylic acids is 1. The highest BCUT2D eigenvalue weighted by Crippen LogP contribution is 2.49. The maximum absolute atomic E-state index is 13.1. The number of benzene rings is 3. The van der Waals surface area contributed by atoms with Gasteiger partial charge in [0.15, 0.2) is 6.10 Å². The number of anilines is 1. The molecule has 240 valence electrons. The Kier molecular flexibility index (Phi) is 7.43. The molecule has 0 spiro atoms. The maximum atomic E-state index is 13.1. The normalized spacial score (nSPS) is 13.9. The summed E-state index contributed by atoms with van der Waals surface area (Å²) in [6.07, 6.45) is 2.61. The molecule has 47 heavy (non-hydrogen) atoms. The molecular formula is C39H41N5O3. The van der Waals surface area contributed by atoms with Crippen LogP contribution in [0.15, 0.2) is 73.1 Å². The quantitative estimate of drug-likeness (QED) is 0.192. The van der Waals surface area contributed by atoms with Crippen LogP contribution in [0.1, 0.15) is 50.5 Å². The summed E-state index contributed by atoms with van der Waals surface area (Å²) in [5.41, 5.74) is 11.3. The minimum Gasteiger partial charge on any atom is -0.479 e. The molecule has 0 saturated carbocycles. The molecule has 0 bridgehead atoms. The van der Waals surface area contributed by atoms with E-state index in [1.54, 1.807) is 0 Å². The second-order valence-corrected chi connectivity index (χ2v) is 13.6. The summed E-state index contributed by atoms with van der Waals surface area (Å²) in [6.45, 7) is 14.5. The summed E-state index contributed by atoms with van der Waals surface area (Å²) in [6, 6.07) is 21.2. The number of rotatable bonds is 7. The van der Waals surface area contributed by atoms with E-state index in [1.165, 1.54) is 0 Å². The summed E-state index contributed by atoms with van der Waals surface area (Å²) in [5.74, 6) is -0.995. The molecule has 3 aromatic carbocycles. The minimum atomic E-state index is -1.14. The third-order valence-corrected chi connectivity index (χ3v) is 9.31. The zero-order chi connectivity index (χ0) is 33.2. The molecule has 8 heteroatoms. The second-order valence-electron chi connectivity index (χ2n) is 13.6. The van der Waals surface area contributed by atoms with Crippen LogP contribution in [0.25, 0.3) is 55.4 Å². The molecule has 0 aliphatic carbocycles. The van der Waals surface area contributed by atoms with Crippen LogP contribution in [0.5, 0.6) is 0 Å². The molecule has 1 aliphatic rings. The van der Waals surface area contributed by atoms with Crippen LogP contribution in [-0.4, -0.2) is 49.1 Å². The van der Waals surface area contributed by atoms with Gasteiger partial charge < -0.3 is 19.3 Å². The number of carbonyl (C=O) groups is 1. The third-order valence-electron chi connectivity index (χ3n) is 9.31. The Morgan fingerprint density at radius 1 is 0.979 bits per heavy atom. The van der Waals surface area contributed by atoms with Gasteiger partial charge in [0.2, 0.25) is 0 Å². The zero-order valence-electron chi connectivity index (χ0n) is 28.1. The fraction of sp³-hybridized carbons (Fsp3) is 0.308. The Morgan fingerprint density at radius 3 is 2.43 bits per heavy atom. The highest BCUT2D eigenvalue weighted by molar-refractivity contribution is 6.09. The van der Waals surface area contributed by atoms with Gasteiger partial charge in [-0.2, -0.15) is 5.10 Å². The number of likely N-dealkylation sites (N-methyl/N-ethyl adjacent to an activating group) is 1. The van der Waals surface area contributed by atoms with Crippen molar-refractivity contribution in [3.05, 3.63) is 89.7 Å². The van der Waals surface area contributed by atoms with Gasteiger partial charge in [0, 0.05) is 66.0 Å². The van der Waals surface area contributed by atoms with Crippen LogP contribution in [0.4, 0.5) is 5.69 Å². The number of carboxylic acid groups (broad SMARTS) is 1. The van der Waals surface area contributed by atoms with Gasteiger partial charge in [-0.1, -0.05) is 35.9 Å². The van der Waals surface area contributed by atoms with Crippen LogP contribution < -0.4 is 4.90 Å². The van der Waals surface area contributed by atoms with E-state index >= 15 is 0 Å². The van der Waals surface area contributed by atoms with Crippen LogP contribution in [0.2, 0.25) is 0 Å². The van der Waals surface area contributed by atoms with Gasteiger partial charge in [-0.15, -0.1) is 0 Å². The first-order chi connectivity index (χ1) is 22.4. The number of ether oxygens (including phenoxy) is 1. The minimum absolute atomic E-state index is 0.667. The van der Waals surface area contributed by atoms with Crippen molar-refractivity contribution in [1.29, 1.82) is 0 Å². The Hall–Kier alpha value is -4.95. The fourth-order valence-electron chi connectivity index (χ4n) is 7.16. The first-order valence-electron chi connectivity index (χ1n) is 16.3. The monoisotopic (exact) mass is 627 g/mol. The highest BCUT2D eigenvalue weighted by Gasteiger charge is 2.36. The topological polar surface area (TPSA) is 85.4 Å². The van der Waals surface area contributed by atoms with E-state index in [9.17, 15) is 9.90 Å². The predicted octanol–water partition coefficient (Wildman–Crippen LogP) is 8.32. The number of carboxylic acids is 1. The number of fused-ring (bicyclic) bond motifs is 1. The average molecular weight is 628 g/mol. The lowest BCUT2D eigenvalue weighted by atomic mass is 9.87. The molecular weight excluding hydrogens is 586 g/mol. The zero-order valence-corrected chi connectivity index (χ0v) is 28.1. The molecule has 4 heterocycles. The summed E-state index contributed by atoms with van der Waals surface area (Å²) in [7, 11) is 1.95. The van der Waals surface area contributed by atoms with Crippen LogP contribution in [-0.2, 0) is 23.1 Å². The molecule has 1 atom stereocenters. The van der Waals surface area contributed by atoms with Gasteiger partial charge in [0.1, 0.15) is 0 Å². The molecule has 6 aromatic rings. The first kappa shape index (κ1) is 30.7. The molecule has 8 nitrogen and oxygen atoms in total. The number of pyridine rings is 1. The number of nitrogens with zero attached hydrogens (tertiary/aromatic N) is 5. The lowest BCUT2D eigenvalue weighted by molar-refractivity contribution is -0.160. The molecule has 0 fully saturated rings. The number of aryl methyl sites for hydroxylation is 2. The Morgan fingerprint density at radius 2 is 1.72 bits per heavy atom. The average Bonchev–Trinajstić information content (AvgIpc) is 3.62. The van der Waals surface area contributed by atoms with E-state index in [2.05, 4.69) is 96.0 Å². The van der Waals surface area contributed by atoms with E-state index in [1.807, 2.05) is 44.9 Å². The summed E-state index contributed by atoms with van der Waals surface area (Å²) in [5, 5.41) is 17.2. The predicted molar refractivity (Wildman–Crippen MR) is 189 cm³/mol. The Bertz CT molecular complexity index is 2170. The van der Waals surface area contributed by atoms with Gasteiger partial charge >= 0.3 is 5.97 Å². The molecule has 1 aliphatic heterocycles. The smallest absolute Gasteiger partial charge is 0.337 e. The van der Waals surface area contributed by atoms with Gasteiger partial charge in [-0.05, 0) is 88.6 Å². The van der Waals surface area contributed by atoms with Gasteiger partial charge in [0.25, 0.3) is 0 Å². The van der Waals surface area contributed by atoms with Crippen LogP contribution >= 0.6 is 0 Å². The van der Waals surface area contributed by atoms with Crippen molar-refractivity contribution in [3.8, 4) is 33.6 Å². The SMILES string of the molecule is CCN1CCn2c(-c3ccnc(-c4ccc5c(cnn5C)c4)c3)cc3c(-c4ccc(C)cc4)c(C(OC(C)(C)C)C(=O)O)c(C)c1c32. The Labute approximate surface area is 275 Å². The molecule has 7 rings (SSSR count). The summed E-state index contributed by atoms with van der Waals surface area (Å²) >= 11 is 0. The van der Waals surface area contributed by atoms with Crippen molar-refractivity contribution in [3.63, 3.8) is 0 Å². The van der Waals surface area contributed by atoms with Gasteiger partial charge in [0.05, 0.1) is 34.2 Å². The van der Waals surface area contributed by atoms with Crippen molar-refractivity contribution in [2.45, 2.75) is 59.8 Å². The van der Waals surface area contributed by atoms with Crippen LogP contribution in [0, 0.1) is 13.8 Å². The highest BCUT2D eigenvalue weighted by atomic mass is 16.5. The van der Waals surface area contributed by atoms with Crippen LogP contribution in [0.3, 0.4) is 0 Å². The van der Waals surface area contributed by atoms with E-state index in [4.69, 9.17) is 9.72 Å². The number of hydrogen-bond donors (Lipinski definition) is 1. The number of hydrogen-bond acceptors (Lipinski definition) is 5. The number of aromatic nitrogens is 4. The van der Waals surface area contributed by atoms with E-state index in [0.717, 1.165) is 91.9 Å². The first-order valence-corrected chi connectivity index (χ1v) is 16.3. The van der Waals surface area contributed by atoms with E-state index in [-0.39, 0.29) is 0 Å². The third kappa shape index (κ3) is 5.26. The largest absolute Gasteiger partial charge is 0.479 e. The lowest BCUT2D eigenvalue weighted by Crippen LogP contribution is -2.33. The Balaban J connectivity index is 1.52. The molecule has 0 amide bonds. The summed E-state index contributed by atoms with van der Waals surface area (Å²) < 4.78 is 10.7. The summed E-state index contributed by atoms with van der Waals surface area (Å²) in [4.78, 5) is 20.2. The van der Waals surface area contributed by atoms with Crippen molar-refractivity contribution >= 4 is 33.5 Å². The van der Waals surface area contributed by atoms with Crippen molar-refractivity contribution in [1.82, 2.24) is 19.3 Å². The van der Waals surface area contributed by atoms with Crippen molar-refractivity contribution < 1.29 is 14.6 Å². The van der Waals surface area contributed by atoms with Gasteiger partial charge in [-0.25, -0.2) is 4.79 Å². The molecule has 3 aromatic heterocycles. The van der Waals surface area contributed by atoms with Crippen molar-refractivity contribution in [2.24, 2.45) is 7.05 Å². The maximum Gasteiger partial charge on any atom is 0.337 e. The molecule has 0 saturated heterocycles. The molecule has 1 unspecified atom stereocenters. The molecule has 1 N–H and O–H groups in total. The standard InChI is InChI=1S/C39H41N5O3/c1-8-43-17-18-44-32(27-15-16-40-30(20-27)26-13-14-31-28(19-26)22-41-42(31)7)21-29-34(25-11-9-23(2)10-12-25)33(24(3)35(43)36(29)44)37(38(45)46)47-39(4,5)6/h9-16,19-22,37H,8,17-18H2,1-7H3,(H,45,46). The van der Waals surface area contributed by atoms with Crippen molar-refractivity contribution in [2.75, 3.05) is 18.0 Å². The van der Waals surface area contributed by atoms with Gasteiger partial charge in [-0.3, -0.25) is 9.67 Å². The fourth-order valence-corrected chi connectivity index (χ4v) is 7.16. The van der Waals surface area contributed by atoms with E-state index < -0.39 is 17.7 Å². The second kappa shape index (κ2) is 11.4. The lowest BCUT2D eigenvalue weighted by Gasteiger charge is -2.35.